The largest absolute Gasteiger partial charge is 0.348 e. The van der Waals surface area contributed by atoms with Crippen molar-refractivity contribution in [2.24, 2.45) is 11.7 Å². The molecule has 0 aliphatic carbocycles. The van der Waals surface area contributed by atoms with Crippen LogP contribution in [0.25, 0.3) is 0 Å². The normalized spacial score (nSPS) is 18.4. The Hall–Kier alpha value is -0.910. The van der Waals surface area contributed by atoms with E-state index in [9.17, 15) is 4.79 Å². The number of hydrogen-bond donors (Lipinski definition) is 2. The van der Waals surface area contributed by atoms with Crippen molar-refractivity contribution in [3.8, 4) is 0 Å². The van der Waals surface area contributed by atoms with Gasteiger partial charge in [0, 0.05) is 4.47 Å². The van der Waals surface area contributed by atoms with Crippen molar-refractivity contribution in [3.63, 3.8) is 0 Å². The minimum Gasteiger partial charge on any atom is -0.348 e. The second-order valence-corrected chi connectivity index (χ2v) is 6.71. The van der Waals surface area contributed by atoms with Gasteiger partial charge in [-0.05, 0) is 63.0 Å². The van der Waals surface area contributed by atoms with E-state index >= 15 is 0 Å². The lowest BCUT2D eigenvalue weighted by Gasteiger charge is -2.31. The lowest BCUT2D eigenvalue weighted by atomic mass is 9.97. The number of carbonyl (C=O) groups is 1. The van der Waals surface area contributed by atoms with Crippen LogP contribution in [-0.2, 0) is 4.79 Å². The Morgan fingerprint density at radius 3 is 2.57 bits per heavy atom. The van der Waals surface area contributed by atoms with Crippen LogP contribution >= 0.6 is 15.9 Å². The Morgan fingerprint density at radius 2 is 2.00 bits per heavy atom. The minimum atomic E-state index is 0.0344. The van der Waals surface area contributed by atoms with Gasteiger partial charge in [-0.15, -0.1) is 0 Å². The number of rotatable bonds is 5. The SMILES string of the molecule is CC(NC(=O)CN1CCC(CN)CC1)c1ccc(Br)cc1. The van der Waals surface area contributed by atoms with Crippen molar-refractivity contribution in [1.29, 1.82) is 0 Å². The molecule has 0 aromatic heterocycles. The summed E-state index contributed by atoms with van der Waals surface area (Å²) in [7, 11) is 0. The highest BCUT2D eigenvalue weighted by Crippen LogP contribution is 2.17. The molecule has 2 rings (SSSR count). The minimum absolute atomic E-state index is 0.0344. The molecule has 1 saturated heterocycles. The number of piperidine rings is 1. The maximum absolute atomic E-state index is 12.1. The Balaban J connectivity index is 1.78. The Labute approximate surface area is 135 Å². The topological polar surface area (TPSA) is 58.4 Å². The first kappa shape index (κ1) is 16.5. The van der Waals surface area contributed by atoms with Gasteiger partial charge in [0.25, 0.3) is 0 Å². The number of benzene rings is 1. The molecule has 1 aromatic rings. The molecule has 1 unspecified atom stereocenters. The molecular formula is C16H24BrN3O. The third-order valence-electron chi connectivity index (χ3n) is 4.16. The maximum Gasteiger partial charge on any atom is 0.234 e. The average molecular weight is 354 g/mol. The first-order chi connectivity index (χ1) is 10.1. The van der Waals surface area contributed by atoms with Gasteiger partial charge in [0.05, 0.1) is 12.6 Å². The van der Waals surface area contributed by atoms with Crippen LogP contribution in [0.5, 0.6) is 0 Å². The van der Waals surface area contributed by atoms with Gasteiger partial charge in [0.15, 0.2) is 0 Å². The van der Waals surface area contributed by atoms with Crippen molar-refractivity contribution in [1.82, 2.24) is 10.2 Å². The summed E-state index contributed by atoms with van der Waals surface area (Å²) in [5.41, 5.74) is 6.81. The van der Waals surface area contributed by atoms with Crippen LogP contribution in [0.2, 0.25) is 0 Å². The van der Waals surface area contributed by atoms with Crippen molar-refractivity contribution >= 4 is 21.8 Å². The van der Waals surface area contributed by atoms with Crippen LogP contribution in [0.1, 0.15) is 31.4 Å². The van der Waals surface area contributed by atoms with Crippen LogP contribution in [0, 0.1) is 5.92 Å². The van der Waals surface area contributed by atoms with E-state index in [0.29, 0.717) is 12.5 Å². The Kier molecular flexibility index (Phi) is 6.21. The summed E-state index contributed by atoms with van der Waals surface area (Å²) in [4.78, 5) is 14.3. The van der Waals surface area contributed by atoms with E-state index in [0.717, 1.165) is 42.5 Å². The molecule has 0 bridgehead atoms. The van der Waals surface area contributed by atoms with Crippen LogP contribution in [0.3, 0.4) is 0 Å². The summed E-state index contributed by atoms with van der Waals surface area (Å²) in [6, 6.07) is 8.08. The highest BCUT2D eigenvalue weighted by molar-refractivity contribution is 9.10. The number of hydrogen-bond acceptors (Lipinski definition) is 3. The zero-order valence-electron chi connectivity index (χ0n) is 12.5. The van der Waals surface area contributed by atoms with Gasteiger partial charge in [-0.2, -0.15) is 0 Å². The molecule has 1 amide bonds. The van der Waals surface area contributed by atoms with Gasteiger partial charge in [-0.3, -0.25) is 9.69 Å². The number of nitrogens with two attached hydrogens (primary N) is 1. The molecule has 1 atom stereocenters. The zero-order chi connectivity index (χ0) is 15.2. The van der Waals surface area contributed by atoms with E-state index in [2.05, 4.69) is 26.1 Å². The molecule has 0 saturated carbocycles. The van der Waals surface area contributed by atoms with Gasteiger partial charge in [0.1, 0.15) is 0 Å². The maximum atomic E-state index is 12.1. The summed E-state index contributed by atoms with van der Waals surface area (Å²) in [6.07, 6.45) is 2.21. The van der Waals surface area contributed by atoms with E-state index in [-0.39, 0.29) is 11.9 Å². The molecule has 4 nitrogen and oxygen atoms in total. The monoisotopic (exact) mass is 353 g/mol. The number of halogens is 1. The molecule has 1 aliphatic heterocycles. The van der Waals surface area contributed by atoms with Crippen molar-refractivity contribution in [2.45, 2.75) is 25.8 Å². The lowest BCUT2D eigenvalue weighted by molar-refractivity contribution is -0.123. The first-order valence-corrected chi connectivity index (χ1v) is 8.35. The second kappa shape index (κ2) is 7.92. The van der Waals surface area contributed by atoms with Crippen LogP contribution in [-0.4, -0.2) is 37.0 Å². The fourth-order valence-corrected chi connectivity index (χ4v) is 2.97. The van der Waals surface area contributed by atoms with Crippen LogP contribution in [0.15, 0.2) is 28.7 Å². The van der Waals surface area contributed by atoms with Crippen LogP contribution in [0.4, 0.5) is 0 Å². The van der Waals surface area contributed by atoms with Gasteiger partial charge >= 0.3 is 0 Å². The predicted molar refractivity (Wildman–Crippen MR) is 88.9 cm³/mol. The first-order valence-electron chi connectivity index (χ1n) is 7.55. The average Bonchev–Trinajstić information content (AvgIpc) is 2.48. The number of likely N-dealkylation sites (tertiary alicyclic amines) is 1. The molecule has 5 heteroatoms. The van der Waals surface area contributed by atoms with Gasteiger partial charge in [-0.25, -0.2) is 0 Å². The molecule has 1 aromatic carbocycles. The van der Waals surface area contributed by atoms with E-state index in [1.807, 2.05) is 31.2 Å². The molecule has 1 fully saturated rings. The fourth-order valence-electron chi connectivity index (χ4n) is 2.71. The van der Waals surface area contributed by atoms with E-state index < -0.39 is 0 Å². The quantitative estimate of drug-likeness (QED) is 0.853. The summed E-state index contributed by atoms with van der Waals surface area (Å²) >= 11 is 3.42. The lowest BCUT2D eigenvalue weighted by Crippen LogP contribution is -2.43. The summed E-state index contributed by atoms with van der Waals surface area (Å²) in [6.45, 7) is 5.21. The van der Waals surface area contributed by atoms with Crippen molar-refractivity contribution in [3.05, 3.63) is 34.3 Å². The fraction of sp³-hybridized carbons (Fsp3) is 0.562. The molecule has 116 valence electrons. The van der Waals surface area contributed by atoms with Gasteiger partial charge in [-0.1, -0.05) is 28.1 Å². The van der Waals surface area contributed by atoms with Crippen LogP contribution < -0.4 is 11.1 Å². The van der Waals surface area contributed by atoms with E-state index in [1.165, 1.54) is 0 Å². The standard InChI is InChI=1S/C16H24BrN3O/c1-12(14-2-4-15(17)5-3-14)19-16(21)11-20-8-6-13(10-18)7-9-20/h2-5,12-13H,6-11,18H2,1H3,(H,19,21). The molecule has 3 N–H and O–H groups in total. The molecule has 1 aliphatic rings. The van der Waals surface area contributed by atoms with Crippen molar-refractivity contribution < 1.29 is 4.79 Å². The highest BCUT2D eigenvalue weighted by atomic mass is 79.9. The van der Waals surface area contributed by atoms with Gasteiger partial charge < -0.3 is 11.1 Å². The van der Waals surface area contributed by atoms with Crippen molar-refractivity contribution in [2.75, 3.05) is 26.2 Å². The zero-order valence-corrected chi connectivity index (χ0v) is 14.1. The van der Waals surface area contributed by atoms with E-state index in [4.69, 9.17) is 5.73 Å². The highest BCUT2D eigenvalue weighted by Gasteiger charge is 2.20. The summed E-state index contributed by atoms with van der Waals surface area (Å²) in [5.74, 6) is 0.725. The molecule has 0 spiro atoms. The Bertz CT molecular complexity index is 455. The number of carbonyl (C=O) groups excluding carboxylic acids is 1. The smallest absolute Gasteiger partial charge is 0.234 e. The molecule has 1 heterocycles. The third kappa shape index (κ3) is 5.09. The molecular weight excluding hydrogens is 330 g/mol. The number of nitrogens with zero attached hydrogens (tertiary/aromatic N) is 1. The number of nitrogens with one attached hydrogen (secondary N) is 1. The van der Waals surface area contributed by atoms with E-state index in [1.54, 1.807) is 0 Å². The second-order valence-electron chi connectivity index (χ2n) is 5.80. The number of amides is 1. The summed E-state index contributed by atoms with van der Waals surface area (Å²) in [5, 5.41) is 3.07. The molecule has 0 radical (unpaired) electrons. The third-order valence-corrected chi connectivity index (χ3v) is 4.68. The Morgan fingerprint density at radius 1 is 1.38 bits per heavy atom. The predicted octanol–water partition coefficient (Wildman–Crippen LogP) is 2.30. The van der Waals surface area contributed by atoms with Gasteiger partial charge in [0.2, 0.25) is 5.91 Å². The summed E-state index contributed by atoms with van der Waals surface area (Å²) < 4.78 is 1.05. The molecule has 21 heavy (non-hydrogen) atoms.